The van der Waals surface area contributed by atoms with Crippen LogP contribution in [-0.4, -0.2) is 48.9 Å². The number of likely N-dealkylation sites (N-methyl/N-ethyl adjacent to an activating group) is 1. The normalized spacial score (nSPS) is 16.7. The van der Waals surface area contributed by atoms with Gasteiger partial charge in [0.25, 0.3) is 5.91 Å². The Labute approximate surface area is 154 Å². The van der Waals surface area contributed by atoms with Crippen molar-refractivity contribution in [2.24, 2.45) is 11.8 Å². The number of hydrogen-bond donors (Lipinski definition) is 2. The number of hydrogen-bond acceptors (Lipinski definition) is 4. The second-order valence-corrected chi connectivity index (χ2v) is 6.85. The van der Waals surface area contributed by atoms with Gasteiger partial charge in [0, 0.05) is 37.8 Å². The summed E-state index contributed by atoms with van der Waals surface area (Å²) >= 11 is 0. The fourth-order valence-corrected chi connectivity index (χ4v) is 2.87. The van der Waals surface area contributed by atoms with Crippen LogP contribution in [0, 0.1) is 11.8 Å². The standard InChI is InChI=1S/C19H27N3O4/c1-4-20-17(23)12-26-16-7-5-6-15(9-16)21-19(25)14-8-18(24)22(11-14)10-13(2)3/h5-7,9,13-14H,4,8,10-12H2,1-3H3,(H,20,23)(H,21,25). The van der Waals surface area contributed by atoms with Gasteiger partial charge in [0.15, 0.2) is 6.61 Å². The van der Waals surface area contributed by atoms with E-state index in [0.717, 1.165) is 0 Å². The van der Waals surface area contributed by atoms with Crippen LogP contribution >= 0.6 is 0 Å². The van der Waals surface area contributed by atoms with Crippen LogP contribution in [0.3, 0.4) is 0 Å². The highest BCUT2D eigenvalue weighted by molar-refractivity contribution is 5.97. The average Bonchev–Trinajstić information content (AvgIpc) is 2.94. The summed E-state index contributed by atoms with van der Waals surface area (Å²) in [7, 11) is 0. The molecule has 1 heterocycles. The molecule has 1 aliphatic rings. The molecule has 0 aromatic heterocycles. The van der Waals surface area contributed by atoms with Crippen LogP contribution in [0.15, 0.2) is 24.3 Å². The molecular formula is C19H27N3O4. The van der Waals surface area contributed by atoms with E-state index in [1.165, 1.54) is 0 Å². The molecule has 2 N–H and O–H groups in total. The first-order valence-electron chi connectivity index (χ1n) is 8.97. The summed E-state index contributed by atoms with van der Waals surface area (Å²) in [6.45, 7) is 7.53. The highest BCUT2D eigenvalue weighted by Crippen LogP contribution is 2.22. The van der Waals surface area contributed by atoms with Crippen molar-refractivity contribution in [3.63, 3.8) is 0 Å². The molecule has 142 valence electrons. The minimum absolute atomic E-state index is 0.0258. The molecule has 1 unspecified atom stereocenters. The molecule has 0 spiro atoms. The van der Waals surface area contributed by atoms with Gasteiger partial charge in [0.2, 0.25) is 11.8 Å². The molecule has 1 saturated heterocycles. The molecule has 1 fully saturated rings. The van der Waals surface area contributed by atoms with Crippen LogP contribution in [-0.2, 0) is 14.4 Å². The lowest BCUT2D eigenvalue weighted by atomic mass is 10.1. The Bertz CT molecular complexity index is 660. The minimum atomic E-state index is -0.346. The summed E-state index contributed by atoms with van der Waals surface area (Å²) in [5.41, 5.74) is 0.582. The topological polar surface area (TPSA) is 87.7 Å². The number of carbonyl (C=O) groups is 3. The van der Waals surface area contributed by atoms with Gasteiger partial charge in [-0.05, 0) is 25.0 Å². The van der Waals surface area contributed by atoms with E-state index < -0.39 is 0 Å². The molecule has 0 aliphatic carbocycles. The summed E-state index contributed by atoms with van der Waals surface area (Å²) < 4.78 is 5.42. The number of amides is 3. The predicted molar refractivity (Wildman–Crippen MR) is 98.8 cm³/mol. The third kappa shape index (κ3) is 5.75. The number of rotatable bonds is 8. The van der Waals surface area contributed by atoms with Gasteiger partial charge >= 0.3 is 0 Å². The molecule has 1 aromatic rings. The zero-order valence-electron chi connectivity index (χ0n) is 15.6. The van der Waals surface area contributed by atoms with Gasteiger partial charge in [-0.3, -0.25) is 14.4 Å². The first-order chi connectivity index (χ1) is 12.4. The van der Waals surface area contributed by atoms with Crippen molar-refractivity contribution in [1.82, 2.24) is 10.2 Å². The van der Waals surface area contributed by atoms with Crippen molar-refractivity contribution in [2.45, 2.75) is 27.2 Å². The lowest BCUT2D eigenvalue weighted by Crippen LogP contribution is -2.31. The van der Waals surface area contributed by atoms with Gasteiger partial charge in [-0.1, -0.05) is 19.9 Å². The van der Waals surface area contributed by atoms with Gasteiger partial charge in [-0.2, -0.15) is 0 Å². The zero-order valence-corrected chi connectivity index (χ0v) is 15.6. The van der Waals surface area contributed by atoms with Crippen LogP contribution < -0.4 is 15.4 Å². The molecular weight excluding hydrogens is 334 g/mol. The lowest BCUT2D eigenvalue weighted by Gasteiger charge is -2.18. The average molecular weight is 361 g/mol. The monoisotopic (exact) mass is 361 g/mol. The van der Waals surface area contributed by atoms with Crippen LogP contribution in [0.1, 0.15) is 27.2 Å². The number of likely N-dealkylation sites (tertiary alicyclic amines) is 1. The van der Waals surface area contributed by atoms with E-state index in [-0.39, 0.29) is 36.7 Å². The van der Waals surface area contributed by atoms with E-state index in [0.29, 0.717) is 37.0 Å². The molecule has 7 heteroatoms. The van der Waals surface area contributed by atoms with E-state index in [4.69, 9.17) is 4.74 Å². The van der Waals surface area contributed by atoms with Crippen LogP contribution in [0.2, 0.25) is 0 Å². The van der Waals surface area contributed by atoms with Crippen LogP contribution in [0.5, 0.6) is 5.75 Å². The van der Waals surface area contributed by atoms with Crippen molar-refractivity contribution in [2.75, 3.05) is 31.6 Å². The molecule has 26 heavy (non-hydrogen) atoms. The first kappa shape index (κ1) is 19.8. The van der Waals surface area contributed by atoms with Gasteiger partial charge in [0.1, 0.15) is 5.75 Å². The predicted octanol–water partition coefficient (Wildman–Crippen LogP) is 1.64. The van der Waals surface area contributed by atoms with Crippen molar-refractivity contribution in [3.05, 3.63) is 24.3 Å². The molecule has 0 bridgehead atoms. The largest absolute Gasteiger partial charge is 0.484 e. The van der Waals surface area contributed by atoms with Gasteiger partial charge in [-0.15, -0.1) is 0 Å². The Hall–Kier alpha value is -2.57. The highest BCUT2D eigenvalue weighted by atomic mass is 16.5. The summed E-state index contributed by atoms with van der Waals surface area (Å²) in [6.07, 6.45) is 0.242. The number of carbonyl (C=O) groups excluding carboxylic acids is 3. The zero-order chi connectivity index (χ0) is 19.1. The number of benzene rings is 1. The van der Waals surface area contributed by atoms with Gasteiger partial charge in [0.05, 0.1) is 5.92 Å². The molecule has 0 saturated carbocycles. The molecule has 2 rings (SSSR count). The van der Waals surface area contributed by atoms with E-state index in [1.807, 2.05) is 20.8 Å². The Balaban J connectivity index is 1.90. The molecule has 1 atom stereocenters. The third-order valence-corrected chi connectivity index (χ3v) is 4.02. The Kier molecular flexibility index (Phi) is 7.00. The second kappa shape index (κ2) is 9.22. The fraction of sp³-hybridized carbons (Fsp3) is 0.526. The van der Waals surface area contributed by atoms with Gasteiger partial charge in [-0.25, -0.2) is 0 Å². The maximum absolute atomic E-state index is 12.5. The number of nitrogens with one attached hydrogen (secondary N) is 2. The molecule has 3 amide bonds. The molecule has 0 radical (unpaired) electrons. The smallest absolute Gasteiger partial charge is 0.257 e. The molecule has 7 nitrogen and oxygen atoms in total. The van der Waals surface area contributed by atoms with Crippen molar-refractivity contribution >= 4 is 23.4 Å². The minimum Gasteiger partial charge on any atom is -0.484 e. The number of nitrogens with zero attached hydrogens (tertiary/aromatic N) is 1. The van der Waals surface area contributed by atoms with E-state index >= 15 is 0 Å². The highest BCUT2D eigenvalue weighted by Gasteiger charge is 2.34. The van der Waals surface area contributed by atoms with Crippen molar-refractivity contribution < 1.29 is 19.1 Å². The Morgan fingerprint density at radius 2 is 2.12 bits per heavy atom. The summed E-state index contributed by atoms with van der Waals surface area (Å²) in [6, 6.07) is 6.88. The van der Waals surface area contributed by atoms with Gasteiger partial charge < -0.3 is 20.3 Å². The van der Waals surface area contributed by atoms with Crippen LogP contribution in [0.25, 0.3) is 0 Å². The summed E-state index contributed by atoms with van der Waals surface area (Å²) in [5, 5.41) is 5.48. The lowest BCUT2D eigenvalue weighted by molar-refractivity contribution is -0.128. The van der Waals surface area contributed by atoms with E-state index in [2.05, 4.69) is 10.6 Å². The number of anilines is 1. The van der Waals surface area contributed by atoms with Crippen molar-refractivity contribution in [3.8, 4) is 5.75 Å². The quantitative estimate of drug-likeness (QED) is 0.737. The Morgan fingerprint density at radius 1 is 1.35 bits per heavy atom. The number of ether oxygens (including phenoxy) is 1. The Morgan fingerprint density at radius 3 is 2.81 bits per heavy atom. The maximum atomic E-state index is 12.5. The second-order valence-electron chi connectivity index (χ2n) is 6.85. The van der Waals surface area contributed by atoms with E-state index in [1.54, 1.807) is 29.2 Å². The first-order valence-corrected chi connectivity index (χ1v) is 8.97. The SMILES string of the molecule is CCNC(=O)COc1cccc(NC(=O)C2CC(=O)N(CC(C)C)C2)c1. The molecule has 1 aromatic carbocycles. The maximum Gasteiger partial charge on any atom is 0.257 e. The van der Waals surface area contributed by atoms with E-state index in [9.17, 15) is 14.4 Å². The summed E-state index contributed by atoms with van der Waals surface area (Å²) in [5.74, 6) is 0.179. The molecule has 1 aliphatic heterocycles. The third-order valence-electron chi connectivity index (χ3n) is 4.02. The van der Waals surface area contributed by atoms with Crippen molar-refractivity contribution in [1.29, 1.82) is 0 Å². The van der Waals surface area contributed by atoms with Crippen LogP contribution in [0.4, 0.5) is 5.69 Å². The fourth-order valence-electron chi connectivity index (χ4n) is 2.87. The summed E-state index contributed by atoms with van der Waals surface area (Å²) in [4.78, 5) is 37.7.